The van der Waals surface area contributed by atoms with Crippen LogP contribution < -0.4 is 20.9 Å². The van der Waals surface area contributed by atoms with Crippen molar-refractivity contribution in [2.24, 2.45) is 4.99 Å². The molecule has 0 saturated heterocycles. The molecule has 0 atom stereocenters. The van der Waals surface area contributed by atoms with Gasteiger partial charge in [0.2, 0.25) is 5.91 Å². The highest BCUT2D eigenvalue weighted by Crippen LogP contribution is 2.12. The second-order valence-electron chi connectivity index (χ2n) is 5.34. The summed E-state index contributed by atoms with van der Waals surface area (Å²) in [5.74, 6) is 0.627. The summed E-state index contributed by atoms with van der Waals surface area (Å²) in [6, 6.07) is 10.4. The largest absolute Gasteiger partial charge is 0.372 e. The van der Waals surface area contributed by atoms with Gasteiger partial charge in [-0.2, -0.15) is 0 Å². The molecule has 0 bridgehead atoms. The third kappa shape index (κ3) is 10.2. The molecule has 0 fully saturated rings. The van der Waals surface area contributed by atoms with E-state index in [2.05, 4.69) is 57.0 Å². The van der Waals surface area contributed by atoms with Gasteiger partial charge in [0.1, 0.15) is 6.54 Å². The first-order valence-electron chi connectivity index (χ1n) is 8.80. The fourth-order valence-corrected chi connectivity index (χ4v) is 2.33. The molecule has 3 N–H and O–H groups in total. The monoisotopic (exact) mass is 461 g/mol. The first-order valence-corrected chi connectivity index (χ1v) is 8.80. The van der Waals surface area contributed by atoms with Crippen LogP contribution in [0, 0.1) is 0 Å². The Bertz CT molecular complexity index is 495. The van der Waals surface area contributed by atoms with Crippen LogP contribution in [-0.4, -0.2) is 51.1 Å². The number of guanidine groups is 1. The van der Waals surface area contributed by atoms with E-state index in [1.807, 2.05) is 19.9 Å². The standard InChI is InChI=1S/C18H31N5O.HI/c1-4-19-17(24)15-22-18(20-5-2)21-13-10-14-23(6-3)16-11-8-7-9-12-16;/h7-9,11-12H,4-6,10,13-15H2,1-3H3,(H,19,24)(H2,20,21,22);1H. The van der Waals surface area contributed by atoms with Crippen LogP contribution in [0.1, 0.15) is 27.2 Å². The van der Waals surface area contributed by atoms with Crippen molar-refractivity contribution in [1.29, 1.82) is 0 Å². The number of hydrogen-bond acceptors (Lipinski definition) is 3. The van der Waals surface area contributed by atoms with Gasteiger partial charge in [-0.15, -0.1) is 24.0 Å². The zero-order valence-electron chi connectivity index (χ0n) is 15.5. The number of para-hydroxylation sites is 1. The predicted octanol–water partition coefficient (Wildman–Crippen LogP) is 2.21. The van der Waals surface area contributed by atoms with E-state index in [1.165, 1.54) is 5.69 Å². The van der Waals surface area contributed by atoms with E-state index < -0.39 is 0 Å². The number of carbonyl (C=O) groups excluding carboxylic acids is 1. The van der Waals surface area contributed by atoms with Crippen molar-refractivity contribution in [2.45, 2.75) is 27.2 Å². The summed E-state index contributed by atoms with van der Waals surface area (Å²) in [7, 11) is 0. The molecule has 0 heterocycles. The van der Waals surface area contributed by atoms with E-state index in [4.69, 9.17) is 0 Å². The lowest BCUT2D eigenvalue weighted by molar-refractivity contribution is -0.119. The van der Waals surface area contributed by atoms with E-state index in [-0.39, 0.29) is 36.4 Å². The molecule has 0 aliphatic heterocycles. The van der Waals surface area contributed by atoms with Crippen LogP contribution in [0.25, 0.3) is 0 Å². The fourth-order valence-electron chi connectivity index (χ4n) is 2.33. The third-order valence-electron chi connectivity index (χ3n) is 3.50. The molecule has 1 aromatic rings. The first kappa shape index (κ1) is 23.5. The lowest BCUT2D eigenvalue weighted by Gasteiger charge is -2.23. The summed E-state index contributed by atoms with van der Waals surface area (Å²) in [5, 5.41) is 9.18. The number of benzene rings is 1. The number of nitrogens with one attached hydrogen (secondary N) is 3. The third-order valence-corrected chi connectivity index (χ3v) is 3.50. The quantitative estimate of drug-likeness (QED) is 0.216. The minimum Gasteiger partial charge on any atom is -0.372 e. The van der Waals surface area contributed by atoms with Crippen LogP contribution in [0.2, 0.25) is 0 Å². The number of anilines is 1. The topological polar surface area (TPSA) is 68.8 Å². The number of hydrogen-bond donors (Lipinski definition) is 3. The van der Waals surface area contributed by atoms with E-state index >= 15 is 0 Å². The first-order chi connectivity index (χ1) is 11.7. The maximum absolute atomic E-state index is 11.5. The van der Waals surface area contributed by atoms with Gasteiger partial charge in [0.15, 0.2) is 5.96 Å². The Hall–Kier alpha value is -1.51. The van der Waals surface area contributed by atoms with Crippen LogP contribution >= 0.6 is 24.0 Å². The molecule has 6 nitrogen and oxygen atoms in total. The molecule has 1 amide bonds. The van der Waals surface area contributed by atoms with Crippen LogP contribution in [0.15, 0.2) is 35.3 Å². The highest BCUT2D eigenvalue weighted by atomic mass is 127. The number of nitrogens with zero attached hydrogens (tertiary/aromatic N) is 2. The maximum Gasteiger partial charge on any atom is 0.241 e. The van der Waals surface area contributed by atoms with Crippen molar-refractivity contribution >= 4 is 41.5 Å². The normalized spacial score (nSPS) is 10.6. The van der Waals surface area contributed by atoms with E-state index in [0.717, 1.165) is 32.6 Å². The van der Waals surface area contributed by atoms with E-state index in [1.54, 1.807) is 0 Å². The van der Waals surface area contributed by atoms with Crippen LogP contribution in [-0.2, 0) is 4.79 Å². The second-order valence-corrected chi connectivity index (χ2v) is 5.34. The van der Waals surface area contributed by atoms with E-state index in [9.17, 15) is 4.79 Å². The summed E-state index contributed by atoms with van der Waals surface area (Å²) in [5.41, 5.74) is 1.25. The Labute approximate surface area is 168 Å². The average Bonchev–Trinajstić information content (AvgIpc) is 2.60. The van der Waals surface area contributed by atoms with Crippen LogP contribution in [0.5, 0.6) is 0 Å². The molecule has 7 heteroatoms. The Kier molecular flexibility index (Phi) is 13.9. The molecule has 0 aliphatic carbocycles. The molecule has 142 valence electrons. The Balaban J connectivity index is 0.00000576. The Morgan fingerprint density at radius 1 is 1.04 bits per heavy atom. The molecule has 25 heavy (non-hydrogen) atoms. The minimum atomic E-state index is -0.0593. The van der Waals surface area contributed by atoms with Crippen molar-refractivity contribution in [1.82, 2.24) is 16.0 Å². The molecule has 0 aliphatic rings. The van der Waals surface area contributed by atoms with Gasteiger partial charge in [0, 0.05) is 38.4 Å². The van der Waals surface area contributed by atoms with Crippen molar-refractivity contribution in [3.8, 4) is 0 Å². The number of rotatable bonds is 10. The summed E-state index contributed by atoms with van der Waals surface area (Å²) >= 11 is 0. The van der Waals surface area contributed by atoms with Gasteiger partial charge < -0.3 is 20.9 Å². The fraction of sp³-hybridized carbons (Fsp3) is 0.556. The number of likely N-dealkylation sites (N-methyl/N-ethyl adjacent to an activating group) is 1. The van der Waals surface area contributed by atoms with Crippen molar-refractivity contribution in [2.75, 3.05) is 44.2 Å². The zero-order chi connectivity index (χ0) is 17.6. The molecule has 0 aromatic heterocycles. The van der Waals surface area contributed by atoms with Gasteiger partial charge in [0.05, 0.1) is 0 Å². The van der Waals surface area contributed by atoms with E-state index in [0.29, 0.717) is 12.5 Å². The Morgan fingerprint density at radius 2 is 1.72 bits per heavy atom. The zero-order valence-corrected chi connectivity index (χ0v) is 17.9. The van der Waals surface area contributed by atoms with Crippen LogP contribution in [0.3, 0.4) is 0 Å². The minimum absolute atomic E-state index is 0. The SMILES string of the molecule is CCNC(=O)CN=C(NCC)NCCCN(CC)c1ccccc1.I. The number of halogens is 1. The molecule has 0 unspecified atom stereocenters. The van der Waals surface area contributed by atoms with Gasteiger partial charge >= 0.3 is 0 Å². The average molecular weight is 461 g/mol. The molecule has 1 aromatic carbocycles. The molecular formula is C18H32IN5O. The summed E-state index contributed by atoms with van der Waals surface area (Å²) in [4.78, 5) is 18.1. The van der Waals surface area contributed by atoms with Gasteiger partial charge in [-0.25, -0.2) is 4.99 Å². The summed E-state index contributed by atoms with van der Waals surface area (Å²) in [6.07, 6.45) is 0.994. The van der Waals surface area contributed by atoms with Gasteiger partial charge in [-0.1, -0.05) is 18.2 Å². The van der Waals surface area contributed by atoms with Crippen molar-refractivity contribution in [3.63, 3.8) is 0 Å². The number of amides is 1. The highest BCUT2D eigenvalue weighted by Gasteiger charge is 2.04. The van der Waals surface area contributed by atoms with Gasteiger partial charge in [0.25, 0.3) is 0 Å². The predicted molar refractivity (Wildman–Crippen MR) is 117 cm³/mol. The molecule has 0 radical (unpaired) electrons. The van der Waals surface area contributed by atoms with Gasteiger partial charge in [-0.05, 0) is 39.3 Å². The maximum atomic E-state index is 11.5. The smallest absolute Gasteiger partial charge is 0.241 e. The molecule has 0 saturated carbocycles. The number of carbonyl (C=O) groups is 1. The number of aliphatic imine (C=N–C) groups is 1. The van der Waals surface area contributed by atoms with Crippen molar-refractivity contribution in [3.05, 3.63) is 30.3 Å². The molecule has 0 spiro atoms. The molecule has 1 rings (SSSR count). The Morgan fingerprint density at radius 3 is 2.32 bits per heavy atom. The highest BCUT2D eigenvalue weighted by molar-refractivity contribution is 14.0. The van der Waals surface area contributed by atoms with Crippen LogP contribution in [0.4, 0.5) is 5.69 Å². The second kappa shape index (κ2) is 14.8. The lowest BCUT2D eigenvalue weighted by Crippen LogP contribution is -2.39. The van der Waals surface area contributed by atoms with Gasteiger partial charge in [-0.3, -0.25) is 4.79 Å². The summed E-state index contributed by atoms with van der Waals surface area (Å²) in [6.45, 7) is 10.4. The lowest BCUT2D eigenvalue weighted by atomic mass is 10.2. The van der Waals surface area contributed by atoms with Crippen molar-refractivity contribution < 1.29 is 4.79 Å². The molecular weight excluding hydrogens is 429 g/mol. The summed E-state index contributed by atoms with van der Waals surface area (Å²) < 4.78 is 0.